The second-order valence-electron chi connectivity index (χ2n) is 2.81. The van der Waals surface area contributed by atoms with E-state index in [9.17, 15) is 0 Å². The zero-order valence-electron chi connectivity index (χ0n) is 6.98. The Kier molecular flexibility index (Phi) is 2.91. The van der Waals surface area contributed by atoms with Crippen molar-refractivity contribution in [3.63, 3.8) is 0 Å². The molecule has 0 spiro atoms. The van der Waals surface area contributed by atoms with E-state index in [1.165, 1.54) is 4.90 Å². The van der Waals surface area contributed by atoms with Crippen LogP contribution in [0.2, 0.25) is 0 Å². The summed E-state index contributed by atoms with van der Waals surface area (Å²) in [6.45, 7) is 0. The van der Waals surface area contributed by atoms with Crippen molar-refractivity contribution in [2.45, 2.75) is 10.1 Å². The molecular weight excluding hydrogens is 244 g/mol. The number of rotatable bonds is 2. The van der Waals surface area contributed by atoms with Gasteiger partial charge in [-0.2, -0.15) is 0 Å². The maximum atomic E-state index is 3.42. The third kappa shape index (κ3) is 2.48. The molecule has 13 heavy (non-hydrogen) atoms. The van der Waals surface area contributed by atoms with Gasteiger partial charge in [0.1, 0.15) is 0 Å². The van der Waals surface area contributed by atoms with Crippen molar-refractivity contribution < 1.29 is 0 Å². The molecule has 66 valence electrons. The average molecular weight is 253 g/mol. The molecule has 2 rings (SSSR count). The van der Waals surface area contributed by atoms with Gasteiger partial charge in [0, 0.05) is 14.6 Å². The molecule has 0 nitrogen and oxygen atoms in total. The number of allylic oxidation sites excluding steroid dienone is 2. The summed E-state index contributed by atoms with van der Waals surface area (Å²) in [6, 6.07) is 8.42. The zero-order chi connectivity index (χ0) is 9.10. The minimum Gasteiger partial charge on any atom is -0.114 e. The fourth-order valence-electron chi connectivity index (χ4n) is 1.16. The highest BCUT2D eigenvalue weighted by atomic mass is 79.9. The third-order valence-electron chi connectivity index (χ3n) is 1.80. The maximum Gasteiger partial charge on any atom is 0.0461 e. The first kappa shape index (κ1) is 9.10. The number of hydrogen-bond acceptors (Lipinski definition) is 1. The maximum absolute atomic E-state index is 3.42. The molecule has 0 bridgehead atoms. The van der Waals surface area contributed by atoms with Gasteiger partial charge in [0.05, 0.1) is 0 Å². The molecule has 1 aromatic rings. The van der Waals surface area contributed by atoms with Crippen LogP contribution in [-0.2, 0) is 0 Å². The average Bonchev–Trinajstić information content (AvgIpc) is 2.62. The highest BCUT2D eigenvalue weighted by Crippen LogP contribution is 2.28. The topological polar surface area (TPSA) is 0 Å². The third-order valence-corrected chi connectivity index (χ3v) is 3.46. The highest BCUT2D eigenvalue weighted by Gasteiger charge is 2.04. The monoisotopic (exact) mass is 252 g/mol. The molecule has 0 amide bonds. The van der Waals surface area contributed by atoms with E-state index >= 15 is 0 Å². The van der Waals surface area contributed by atoms with Crippen LogP contribution >= 0.6 is 27.7 Å². The fraction of sp³-hybridized carbons (Fsp3) is 0.0909. The van der Waals surface area contributed by atoms with Crippen LogP contribution in [-0.4, -0.2) is 5.25 Å². The zero-order valence-corrected chi connectivity index (χ0v) is 9.38. The standard InChI is InChI=1S/C11H9BrS/c12-9-5-7-11(8-6-9)13-10-3-1-2-4-10/h1-8,10H. The van der Waals surface area contributed by atoms with E-state index < -0.39 is 0 Å². The first-order valence-corrected chi connectivity index (χ1v) is 5.79. The summed E-state index contributed by atoms with van der Waals surface area (Å²) >= 11 is 5.29. The van der Waals surface area contributed by atoms with Crippen LogP contribution in [0.5, 0.6) is 0 Å². The fourth-order valence-corrected chi connectivity index (χ4v) is 2.37. The molecule has 0 fully saturated rings. The molecule has 0 atom stereocenters. The Bertz CT molecular complexity index is 326. The lowest BCUT2D eigenvalue weighted by molar-refractivity contribution is 1.39. The predicted molar refractivity (Wildman–Crippen MR) is 62.1 cm³/mol. The molecule has 0 saturated heterocycles. The molecule has 0 saturated carbocycles. The summed E-state index contributed by atoms with van der Waals surface area (Å²) in [4.78, 5) is 1.31. The van der Waals surface area contributed by atoms with Crippen molar-refractivity contribution >= 4 is 27.7 Å². The Morgan fingerprint density at radius 1 is 1.00 bits per heavy atom. The van der Waals surface area contributed by atoms with E-state index in [1.807, 2.05) is 11.8 Å². The molecule has 0 aromatic heterocycles. The summed E-state index contributed by atoms with van der Waals surface area (Å²) < 4.78 is 1.13. The SMILES string of the molecule is Brc1ccc(SC2C=CC=C2)cc1. The van der Waals surface area contributed by atoms with Crippen LogP contribution in [0.3, 0.4) is 0 Å². The molecule has 0 N–H and O–H groups in total. The van der Waals surface area contributed by atoms with Gasteiger partial charge in [0.15, 0.2) is 0 Å². The van der Waals surface area contributed by atoms with Gasteiger partial charge < -0.3 is 0 Å². The lowest BCUT2D eigenvalue weighted by Gasteiger charge is -2.04. The van der Waals surface area contributed by atoms with E-state index in [0.29, 0.717) is 5.25 Å². The van der Waals surface area contributed by atoms with E-state index in [-0.39, 0.29) is 0 Å². The molecule has 0 radical (unpaired) electrons. The molecular formula is C11H9BrS. The predicted octanol–water partition coefficient (Wildman–Crippen LogP) is 4.04. The smallest absolute Gasteiger partial charge is 0.0461 e. The first-order chi connectivity index (χ1) is 6.34. The Balaban J connectivity index is 2.05. The van der Waals surface area contributed by atoms with Gasteiger partial charge in [0.25, 0.3) is 0 Å². The van der Waals surface area contributed by atoms with Crippen molar-refractivity contribution in [1.29, 1.82) is 0 Å². The van der Waals surface area contributed by atoms with Crippen molar-refractivity contribution in [2.24, 2.45) is 0 Å². The van der Waals surface area contributed by atoms with Crippen LogP contribution < -0.4 is 0 Å². The Morgan fingerprint density at radius 3 is 2.23 bits per heavy atom. The minimum atomic E-state index is 0.515. The van der Waals surface area contributed by atoms with Gasteiger partial charge in [-0.25, -0.2) is 0 Å². The van der Waals surface area contributed by atoms with Crippen LogP contribution in [0, 0.1) is 0 Å². The summed E-state index contributed by atoms with van der Waals surface area (Å²) in [5.41, 5.74) is 0. The van der Waals surface area contributed by atoms with Gasteiger partial charge in [0.2, 0.25) is 0 Å². The van der Waals surface area contributed by atoms with Crippen LogP contribution in [0.15, 0.2) is 57.9 Å². The second kappa shape index (κ2) is 4.16. The Morgan fingerprint density at radius 2 is 1.62 bits per heavy atom. The lowest BCUT2D eigenvalue weighted by atomic mass is 10.4. The Labute approximate surface area is 90.9 Å². The number of halogens is 1. The summed E-state index contributed by atoms with van der Waals surface area (Å²) in [5.74, 6) is 0. The minimum absolute atomic E-state index is 0.515. The van der Waals surface area contributed by atoms with Crippen LogP contribution in [0.25, 0.3) is 0 Å². The van der Waals surface area contributed by atoms with E-state index in [2.05, 4.69) is 64.5 Å². The first-order valence-electron chi connectivity index (χ1n) is 4.12. The van der Waals surface area contributed by atoms with Gasteiger partial charge in [-0.05, 0) is 24.3 Å². The molecule has 0 heterocycles. The number of hydrogen-bond donors (Lipinski definition) is 0. The van der Waals surface area contributed by atoms with E-state index in [4.69, 9.17) is 0 Å². The molecule has 1 aromatic carbocycles. The van der Waals surface area contributed by atoms with Crippen molar-refractivity contribution in [3.05, 3.63) is 53.0 Å². The van der Waals surface area contributed by atoms with Gasteiger partial charge in [-0.1, -0.05) is 40.2 Å². The van der Waals surface area contributed by atoms with Gasteiger partial charge in [-0.3, -0.25) is 0 Å². The second-order valence-corrected chi connectivity index (χ2v) is 4.97. The van der Waals surface area contributed by atoms with Crippen LogP contribution in [0.1, 0.15) is 0 Å². The summed E-state index contributed by atoms with van der Waals surface area (Å²) in [5, 5.41) is 0.515. The van der Waals surface area contributed by atoms with Gasteiger partial charge >= 0.3 is 0 Å². The van der Waals surface area contributed by atoms with E-state index in [0.717, 1.165) is 4.47 Å². The van der Waals surface area contributed by atoms with Gasteiger partial charge in [-0.15, -0.1) is 11.8 Å². The molecule has 2 heteroatoms. The lowest BCUT2D eigenvalue weighted by Crippen LogP contribution is -1.87. The van der Waals surface area contributed by atoms with Crippen molar-refractivity contribution in [1.82, 2.24) is 0 Å². The number of benzene rings is 1. The quantitative estimate of drug-likeness (QED) is 0.766. The van der Waals surface area contributed by atoms with Crippen LogP contribution in [0.4, 0.5) is 0 Å². The Hall–Kier alpha value is -0.470. The highest BCUT2D eigenvalue weighted by molar-refractivity contribution is 9.10. The largest absolute Gasteiger partial charge is 0.114 e. The normalized spacial score (nSPS) is 15.5. The molecule has 1 aliphatic carbocycles. The van der Waals surface area contributed by atoms with Crippen molar-refractivity contribution in [2.75, 3.05) is 0 Å². The number of thioether (sulfide) groups is 1. The van der Waals surface area contributed by atoms with Crippen molar-refractivity contribution in [3.8, 4) is 0 Å². The summed E-state index contributed by atoms with van der Waals surface area (Å²) in [6.07, 6.45) is 8.59. The molecule has 0 aliphatic heterocycles. The summed E-state index contributed by atoms with van der Waals surface area (Å²) in [7, 11) is 0. The van der Waals surface area contributed by atoms with E-state index in [1.54, 1.807) is 0 Å². The molecule has 0 unspecified atom stereocenters. The molecule has 1 aliphatic rings.